The van der Waals surface area contributed by atoms with Gasteiger partial charge in [-0.05, 0) is 66.7 Å². The average Bonchev–Trinajstić information content (AvgIpc) is 3.93. The number of furan rings is 2. The quantitative estimate of drug-likeness (QED) is 0.190. The van der Waals surface area contributed by atoms with Crippen molar-refractivity contribution < 1.29 is 13.3 Å². The monoisotopic (exact) mass is 648 g/mol. The summed E-state index contributed by atoms with van der Waals surface area (Å²) >= 11 is 1.81. The van der Waals surface area contributed by atoms with Gasteiger partial charge in [-0.15, -0.1) is 11.3 Å². The highest BCUT2D eigenvalue weighted by molar-refractivity contribution is 7.25. The molecule has 0 bridgehead atoms. The predicted molar refractivity (Wildman–Crippen MR) is 202 cm³/mol. The molecule has 5 nitrogen and oxygen atoms in total. The maximum Gasteiger partial charge on any atom is 0.227 e. The second-order valence-corrected chi connectivity index (χ2v) is 13.4. The minimum atomic E-state index is 0.570. The van der Waals surface area contributed by atoms with Gasteiger partial charge in [0.25, 0.3) is 0 Å². The highest BCUT2D eigenvalue weighted by atomic mass is 32.1. The molecule has 11 rings (SSSR count). The zero-order valence-corrected chi connectivity index (χ0v) is 26.7. The van der Waals surface area contributed by atoms with Crippen molar-refractivity contribution in [3.63, 3.8) is 0 Å². The van der Waals surface area contributed by atoms with Gasteiger partial charge in [-0.25, -0.2) is 4.98 Å². The molecule has 4 heterocycles. The summed E-state index contributed by atoms with van der Waals surface area (Å²) < 4.78 is 22.2. The van der Waals surface area contributed by atoms with E-state index in [1.807, 2.05) is 78.1 Å². The molecule has 0 unspecified atom stereocenters. The maximum atomic E-state index is 6.76. The molecule has 11 aromatic rings. The molecule has 0 aliphatic heterocycles. The van der Waals surface area contributed by atoms with E-state index in [9.17, 15) is 0 Å². The first-order chi connectivity index (χ1) is 24.3. The normalized spacial score (nSPS) is 12.1. The number of thiophene rings is 1. The Morgan fingerprint density at radius 1 is 0.469 bits per heavy atom. The number of hydrogen-bond donors (Lipinski definition) is 0. The maximum absolute atomic E-state index is 6.76. The Hall–Kier alpha value is -6.37. The van der Waals surface area contributed by atoms with Crippen LogP contribution in [-0.2, 0) is 0 Å². The summed E-state index contributed by atoms with van der Waals surface area (Å²) in [7, 11) is 0. The fraction of sp³-hybridized carbons (Fsp3) is 0. The van der Waals surface area contributed by atoms with Gasteiger partial charge in [0, 0.05) is 53.6 Å². The van der Waals surface area contributed by atoms with Crippen molar-refractivity contribution >= 4 is 104 Å². The van der Waals surface area contributed by atoms with Crippen molar-refractivity contribution in [3.8, 4) is 11.5 Å². The van der Waals surface area contributed by atoms with Crippen molar-refractivity contribution in [2.75, 3.05) is 4.90 Å². The second-order valence-electron chi connectivity index (χ2n) is 12.3. The topological polar surface area (TPSA) is 55.6 Å². The molecule has 0 spiro atoms. The van der Waals surface area contributed by atoms with Gasteiger partial charge in [-0.1, -0.05) is 72.8 Å². The standard InChI is InChI=1S/C43H24N2O3S/c1-2-10-25(11-3-1)43-44-33-24-34(42-40(41(33)48-43)31-14-5-8-16-36(31)47-42)45(26-19-21-39-32(22-26)30-13-6-9-17-38(30)49-39)27-18-20-29-28-12-4-7-15-35(28)46-37(29)23-27/h1-24H. The van der Waals surface area contributed by atoms with E-state index in [-0.39, 0.29) is 0 Å². The predicted octanol–water partition coefficient (Wildman–Crippen LogP) is 13.1. The van der Waals surface area contributed by atoms with Gasteiger partial charge in [0.15, 0.2) is 11.2 Å². The number of aromatic nitrogens is 1. The van der Waals surface area contributed by atoms with Crippen LogP contribution < -0.4 is 4.90 Å². The first-order valence-electron chi connectivity index (χ1n) is 16.2. The molecule has 4 aromatic heterocycles. The number of nitrogens with zero attached hydrogens (tertiary/aromatic N) is 2. The van der Waals surface area contributed by atoms with E-state index in [0.717, 1.165) is 72.0 Å². The van der Waals surface area contributed by atoms with Crippen LogP contribution in [0.15, 0.2) is 159 Å². The van der Waals surface area contributed by atoms with Crippen molar-refractivity contribution in [1.29, 1.82) is 0 Å². The molecule has 7 aromatic carbocycles. The minimum Gasteiger partial charge on any atom is -0.456 e. The van der Waals surface area contributed by atoms with Gasteiger partial charge < -0.3 is 18.2 Å². The number of fused-ring (bicyclic) bond motifs is 11. The summed E-state index contributed by atoms with van der Waals surface area (Å²) in [6.45, 7) is 0. The van der Waals surface area contributed by atoms with Gasteiger partial charge in [0.1, 0.15) is 22.3 Å². The van der Waals surface area contributed by atoms with Crippen LogP contribution in [0.1, 0.15) is 0 Å². The van der Waals surface area contributed by atoms with Crippen LogP contribution in [0.5, 0.6) is 0 Å². The lowest BCUT2D eigenvalue weighted by Crippen LogP contribution is -2.10. The van der Waals surface area contributed by atoms with E-state index < -0.39 is 0 Å². The Morgan fingerprint density at radius 2 is 1.14 bits per heavy atom. The lowest BCUT2D eigenvalue weighted by atomic mass is 10.1. The molecule has 0 aliphatic rings. The highest BCUT2D eigenvalue weighted by Crippen LogP contribution is 2.48. The number of benzene rings is 7. The van der Waals surface area contributed by atoms with E-state index in [1.54, 1.807) is 0 Å². The zero-order valence-electron chi connectivity index (χ0n) is 25.9. The summed E-state index contributed by atoms with van der Waals surface area (Å²) in [5.74, 6) is 0.570. The third kappa shape index (κ3) is 3.95. The van der Waals surface area contributed by atoms with Crippen molar-refractivity contribution in [3.05, 3.63) is 146 Å². The van der Waals surface area contributed by atoms with Crippen LogP contribution in [-0.4, -0.2) is 4.98 Å². The van der Waals surface area contributed by atoms with Gasteiger partial charge in [-0.2, -0.15) is 0 Å². The molecule has 0 saturated carbocycles. The number of anilines is 3. The summed E-state index contributed by atoms with van der Waals surface area (Å²) in [5, 5.41) is 6.50. The smallest absolute Gasteiger partial charge is 0.227 e. The summed E-state index contributed by atoms with van der Waals surface area (Å²) in [6.07, 6.45) is 0. The molecule has 0 N–H and O–H groups in total. The second kappa shape index (κ2) is 10.1. The van der Waals surface area contributed by atoms with Crippen LogP contribution in [0.3, 0.4) is 0 Å². The third-order valence-corrected chi connectivity index (χ3v) is 10.6. The van der Waals surface area contributed by atoms with Gasteiger partial charge in [0.05, 0.1) is 16.8 Å². The summed E-state index contributed by atoms with van der Waals surface area (Å²) in [5.41, 5.74) is 8.38. The Labute approximate surface area is 282 Å². The van der Waals surface area contributed by atoms with Crippen molar-refractivity contribution in [2.45, 2.75) is 0 Å². The van der Waals surface area contributed by atoms with Crippen LogP contribution in [0.25, 0.3) is 86.6 Å². The van der Waals surface area contributed by atoms with E-state index in [1.165, 1.54) is 20.2 Å². The van der Waals surface area contributed by atoms with E-state index in [0.29, 0.717) is 11.5 Å². The highest BCUT2D eigenvalue weighted by Gasteiger charge is 2.26. The average molecular weight is 649 g/mol. The third-order valence-electron chi connectivity index (χ3n) is 9.48. The minimum absolute atomic E-state index is 0.570. The summed E-state index contributed by atoms with van der Waals surface area (Å²) in [4.78, 5) is 7.32. The van der Waals surface area contributed by atoms with Crippen LogP contribution in [0.2, 0.25) is 0 Å². The van der Waals surface area contributed by atoms with Crippen molar-refractivity contribution in [1.82, 2.24) is 4.98 Å². The molecule has 230 valence electrons. The van der Waals surface area contributed by atoms with Crippen molar-refractivity contribution in [2.24, 2.45) is 0 Å². The first kappa shape index (κ1) is 26.7. The molecule has 0 aliphatic carbocycles. The Balaban J connectivity index is 1.24. The van der Waals surface area contributed by atoms with Gasteiger partial charge in [-0.3, -0.25) is 0 Å². The number of rotatable bonds is 4. The SMILES string of the molecule is c1ccc(-c2nc3cc(N(c4ccc5c(c4)oc4ccccc45)c4ccc5sc6ccccc6c5c4)c4oc5ccccc5c4c3o2)cc1. The molecule has 0 saturated heterocycles. The molecule has 0 radical (unpaired) electrons. The number of hydrogen-bond acceptors (Lipinski definition) is 6. The summed E-state index contributed by atoms with van der Waals surface area (Å²) in [6, 6.07) is 50.2. The fourth-order valence-corrected chi connectivity index (χ4v) is 8.35. The Morgan fingerprint density at radius 3 is 2.02 bits per heavy atom. The molecular formula is C43H24N2O3S. The van der Waals surface area contributed by atoms with Crippen LogP contribution in [0.4, 0.5) is 17.1 Å². The van der Waals surface area contributed by atoms with Gasteiger partial charge in [0.2, 0.25) is 5.89 Å². The van der Waals surface area contributed by atoms with E-state index in [2.05, 4.69) is 83.8 Å². The number of oxazole rings is 1. The molecule has 49 heavy (non-hydrogen) atoms. The van der Waals surface area contributed by atoms with E-state index in [4.69, 9.17) is 18.2 Å². The molecule has 0 amide bonds. The molecular weight excluding hydrogens is 625 g/mol. The zero-order chi connectivity index (χ0) is 32.1. The largest absolute Gasteiger partial charge is 0.456 e. The number of para-hydroxylation sites is 2. The lowest BCUT2D eigenvalue weighted by Gasteiger charge is -2.25. The Kier molecular flexibility index (Phi) is 5.48. The van der Waals surface area contributed by atoms with Crippen LogP contribution >= 0.6 is 11.3 Å². The fourth-order valence-electron chi connectivity index (χ4n) is 7.26. The lowest BCUT2D eigenvalue weighted by molar-refractivity contribution is 0.622. The van der Waals surface area contributed by atoms with E-state index >= 15 is 0 Å². The Bertz CT molecular complexity index is 3070. The molecule has 0 fully saturated rings. The first-order valence-corrected chi connectivity index (χ1v) is 17.0. The molecule has 0 atom stereocenters. The van der Waals surface area contributed by atoms with Gasteiger partial charge >= 0.3 is 0 Å². The molecule has 6 heteroatoms. The van der Waals surface area contributed by atoms with Crippen LogP contribution in [0, 0.1) is 0 Å².